The monoisotopic (exact) mass is 297 g/mol. The van der Waals surface area contributed by atoms with Gasteiger partial charge in [0.25, 0.3) is 0 Å². The summed E-state index contributed by atoms with van der Waals surface area (Å²) < 4.78 is 27.1. The Balaban J connectivity index is 1.96. The Morgan fingerprint density at radius 3 is 2.60 bits per heavy atom. The molecule has 0 heterocycles. The van der Waals surface area contributed by atoms with Gasteiger partial charge in [-0.15, -0.1) is 0 Å². The van der Waals surface area contributed by atoms with Crippen LogP contribution in [-0.4, -0.2) is 20.1 Å². The molecule has 0 amide bonds. The number of nitrogens with one attached hydrogen (secondary N) is 1. The molecule has 112 valence electrons. The normalized spacial score (nSPS) is 23.7. The molecule has 0 spiro atoms. The first kappa shape index (κ1) is 15.5. The van der Waals surface area contributed by atoms with Crippen molar-refractivity contribution >= 4 is 10.0 Å². The molecule has 1 aliphatic carbocycles. The fourth-order valence-electron chi connectivity index (χ4n) is 2.66. The average Bonchev–Trinajstić information content (AvgIpc) is 2.47. The molecule has 0 aliphatic heterocycles. The molecule has 1 aliphatic rings. The maximum absolute atomic E-state index is 12.2. The molecule has 0 radical (unpaired) electrons. The van der Waals surface area contributed by atoms with Gasteiger partial charge in [0.05, 0.1) is 11.5 Å². The van der Waals surface area contributed by atoms with Crippen LogP contribution in [0.1, 0.15) is 38.2 Å². The largest absolute Gasteiger partial charge is 0.392 e. The van der Waals surface area contributed by atoms with E-state index >= 15 is 0 Å². The van der Waals surface area contributed by atoms with E-state index in [0.29, 0.717) is 18.0 Å². The molecule has 0 atom stereocenters. The van der Waals surface area contributed by atoms with Crippen molar-refractivity contribution in [2.24, 2.45) is 11.8 Å². The van der Waals surface area contributed by atoms with E-state index in [-0.39, 0.29) is 11.5 Å². The summed E-state index contributed by atoms with van der Waals surface area (Å²) in [6, 6.07) is 6.44. The highest BCUT2D eigenvalue weighted by molar-refractivity contribution is 7.89. The maximum Gasteiger partial charge on any atom is 0.240 e. The van der Waals surface area contributed by atoms with E-state index in [4.69, 9.17) is 5.11 Å². The fourth-order valence-corrected chi connectivity index (χ4v) is 3.84. The predicted molar refractivity (Wildman–Crippen MR) is 78.7 cm³/mol. The molecular weight excluding hydrogens is 274 g/mol. The zero-order valence-electron chi connectivity index (χ0n) is 11.9. The smallest absolute Gasteiger partial charge is 0.240 e. The second-order valence-corrected chi connectivity index (χ2v) is 7.55. The van der Waals surface area contributed by atoms with Gasteiger partial charge in [-0.25, -0.2) is 13.1 Å². The molecule has 4 nitrogen and oxygen atoms in total. The average molecular weight is 297 g/mol. The van der Waals surface area contributed by atoms with E-state index in [1.54, 1.807) is 18.2 Å². The molecule has 0 bridgehead atoms. The van der Waals surface area contributed by atoms with Crippen molar-refractivity contribution in [2.75, 3.05) is 6.54 Å². The molecule has 0 unspecified atom stereocenters. The first-order chi connectivity index (χ1) is 9.51. The first-order valence-electron chi connectivity index (χ1n) is 7.20. The van der Waals surface area contributed by atoms with Crippen molar-refractivity contribution in [2.45, 2.75) is 44.1 Å². The number of sulfonamides is 1. The number of hydrogen-bond donors (Lipinski definition) is 2. The zero-order valence-corrected chi connectivity index (χ0v) is 12.7. The molecule has 2 rings (SSSR count). The van der Waals surface area contributed by atoms with Crippen molar-refractivity contribution in [1.29, 1.82) is 0 Å². The third kappa shape index (κ3) is 4.04. The summed E-state index contributed by atoms with van der Waals surface area (Å²) in [4.78, 5) is 0.230. The summed E-state index contributed by atoms with van der Waals surface area (Å²) in [6.45, 7) is 2.61. The van der Waals surface area contributed by atoms with E-state index in [2.05, 4.69) is 11.6 Å². The maximum atomic E-state index is 12.2. The highest BCUT2D eigenvalue weighted by Gasteiger charge is 2.21. The Labute approximate surface area is 121 Å². The second-order valence-electron chi connectivity index (χ2n) is 5.78. The van der Waals surface area contributed by atoms with Gasteiger partial charge in [-0.1, -0.05) is 31.9 Å². The SMILES string of the molecule is CC1CCC(CNS(=O)(=O)c2cccc(CO)c2)CC1. The molecule has 20 heavy (non-hydrogen) atoms. The molecule has 1 fully saturated rings. The van der Waals surface area contributed by atoms with E-state index in [1.165, 1.54) is 18.9 Å². The summed E-state index contributed by atoms with van der Waals surface area (Å²) >= 11 is 0. The van der Waals surface area contributed by atoms with Crippen molar-refractivity contribution in [3.63, 3.8) is 0 Å². The summed E-state index contributed by atoms with van der Waals surface area (Å²) in [5.74, 6) is 1.21. The Morgan fingerprint density at radius 1 is 1.25 bits per heavy atom. The van der Waals surface area contributed by atoms with Crippen LogP contribution in [0.15, 0.2) is 29.2 Å². The van der Waals surface area contributed by atoms with Crippen LogP contribution in [0.2, 0.25) is 0 Å². The van der Waals surface area contributed by atoms with Gasteiger partial charge in [-0.2, -0.15) is 0 Å². The molecule has 5 heteroatoms. The van der Waals surface area contributed by atoms with Crippen LogP contribution >= 0.6 is 0 Å². The summed E-state index contributed by atoms with van der Waals surface area (Å²) in [5.41, 5.74) is 0.611. The number of hydrogen-bond acceptors (Lipinski definition) is 3. The molecule has 1 aromatic rings. The number of aliphatic hydroxyl groups excluding tert-OH is 1. The van der Waals surface area contributed by atoms with Crippen molar-refractivity contribution in [1.82, 2.24) is 4.72 Å². The molecule has 2 N–H and O–H groups in total. The van der Waals surface area contributed by atoms with Gasteiger partial charge in [0.15, 0.2) is 0 Å². The van der Waals surface area contributed by atoms with Crippen LogP contribution in [0.4, 0.5) is 0 Å². The lowest BCUT2D eigenvalue weighted by Crippen LogP contribution is -2.31. The van der Waals surface area contributed by atoms with E-state index < -0.39 is 10.0 Å². The number of rotatable bonds is 5. The van der Waals surface area contributed by atoms with E-state index in [1.807, 2.05) is 0 Å². The quantitative estimate of drug-likeness (QED) is 0.876. The lowest BCUT2D eigenvalue weighted by molar-refractivity contribution is 0.281. The molecule has 1 saturated carbocycles. The number of aliphatic hydroxyl groups is 1. The Hall–Kier alpha value is -0.910. The van der Waals surface area contributed by atoms with Gasteiger partial charge in [0.1, 0.15) is 0 Å². The number of benzene rings is 1. The standard InChI is InChI=1S/C15H23NO3S/c1-12-5-7-13(8-6-12)10-16-20(18,19)15-4-2-3-14(9-15)11-17/h2-4,9,12-13,16-17H,5-8,10-11H2,1H3. The van der Waals surface area contributed by atoms with Crippen LogP contribution < -0.4 is 4.72 Å². The third-order valence-corrected chi connectivity index (χ3v) is 5.51. The second kappa shape index (κ2) is 6.70. The van der Waals surface area contributed by atoms with Gasteiger partial charge in [-0.05, 0) is 42.4 Å². The van der Waals surface area contributed by atoms with Gasteiger partial charge >= 0.3 is 0 Å². The third-order valence-electron chi connectivity index (χ3n) is 4.09. The van der Waals surface area contributed by atoms with E-state index in [9.17, 15) is 8.42 Å². The van der Waals surface area contributed by atoms with Crippen LogP contribution in [0.25, 0.3) is 0 Å². The van der Waals surface area contributed by atoms with Crippen LogP contribution in [-0.2, 0) is 16.6 Å². The Bertz CT molecular complexity index is 534. The van der Waals surface area contributed by atoms with Crippen LogP contribution in [0.3, 0.4) is 0 Å². The van der Waals surface area contributed by atoms with Crippen molar-refractivity contribution in [3.05, 3.63) is 29.8 Å². The lowest BCUT2D eigenvalue weighted by atomic mass is 9.83. The highest BCUT2D eigenvalue weighted by Crippen LogP contribution is 2.28. The fraction of sp³-hybridized carbons (Fsp3) is 0.600. The van der Waals surface area contributed by atoms with E-state index in [0.717, 1.165) is 18.8 Å². The van der Waals surface area contributed by atoms with Gasteiger partial charge in [-0.3, -0.25) is 0 Å². The first-order valence-corrected chi connectivity index (χ1v) is 8.69. The lowest BCUT2D eigenvalue weighted by Gasteiger charge is -2.26. The molecular formula is C15H23NO3S. The molecule has 1 aromatic carbocycles. The minimum atomic E-state index is -3.47. The predicted octanol–water partition coefficient (Wildman–Crippen LogP) is 2.28. The molecule has 0 saturated heterocycles. The Morgan fingerprint density at radius 2 is 1.95 bits per heavy atom. The minimum absolute atomic E-state index is 0.149. The summed E-state index contributed by atoms with van der Waals surface area (Å²) in [7, 11) is -3.47. The molecule has 0 aromatic heterocycles. The van der Waals surface area contributed by atoms with Gasteiger partial charge < -0.3 is 5.11 Å². The van der Waals surface area contributed by atoms with Crippen molar-refractivity contribution < 1.29 is 13.5 Å². The summed E-state index contributed by atoms with van der Waals surface area (Å²) in [6.07, 6.45) is 4.57. The zero-order chi connectivity index (χ0) is 14.6. The van der Waals surface area contributed by atoms with Gasteiger partial charge in [0, 0.05) is 6.54 Å². The topological polar surface area (TPSA) is 66.4 Å². The summed E-state index contributed by atoms with van der Waals surface area (Å²) in [5, 5.41) is 9.07. The minimum Gasteiger partial charge on any atom is -0.392 e. The van der Waals surface area contributed by atoms with Crippen LogP contribution in [0.5, 0.6) is 0 Å². The Kier molecular flexibility index (Phi) is 5.18. The van der Waals surface area contributed by atoms with Crippen LogP contribution in [0, 0.1) is 11.8 Å². The van der Waals surface area contributed by atoms with Crippen molar-refractivity contribution in [3.8, 4) is 0 Å². The highest BCUT2D eigenvalue weighted by atomic mass is 32.2. The van der Waals surface area contributed by atoms with Gasteiger partial charge in [0.2, 0.25) is 10.0 Å².